The molecule has 0 fully saturated rings. The van der Waals surface area contributed by atoms with Gasteiger partial charge in [-0.15, -0.1) is 0 Å². The van der Waals surface area contributed by atoms with E-state index in [4.69, 9.17) is 4.74 Å². The second-order valence-electron chi connectivity index (χ2n) is 6.74. The predicted octanol–water partition coefficient (Wildman–Crippen LogP) is 5.08. The smallest absolute Gasteiger partial charge is 0.244 e. The third kappa shape index (κ3) is 4.11. The normalized spacial score (nSPS) is 11.2. The van der Waals surface area contributed by atoms with Gasteiger partial charge in [0.15, 0.2) is 0 Å². The van der Waals surface area contributed by atoms with Gasteiger partial charge in [0.05, 0.1) is 19.2 Å². The van der Waals surface area contributed by atoms with Gasteiger partial charge >= 0.3 is 0 Å². The summed E-state index contributed by atoms with van der Waals surface area (Å²) in [4.78, 5) is 12.5. The van der Waals surface area contributed by atoms with Crippen molar-refractivity contribution >= 4 is 33.7 Å². The molecule has 0 aliphatic heterocycles. The number of carbonyl (C=O) groups is 1. The van der Waals surface area contributed by atoms with Crippen LogP contribution in [-0.4, -0.2) is 18.7 Å². The van der Waals surface area contributed by atoms with E-state index >= 15 is 0 Å². The predicted molar refractivity (Wildman–Crippen MR) is 119 cm³/mol. The maximum Gasteiger partial charge on any atom is 0.244 e. The third-order valence-electron chi connectivity index (χ3n) is 4.84. The highest BCUT2D eigenvalue weighted by Gasteiger charge is 2.08. The van der Waals surface area contributed by atoms with E-state index in [-0.39, 0.29) is 12.3 Å². The average Bonchev–Trinajstić information content (AvgIpc) is 2.75. The molecule has 1 N–H and O–H groups in total. The zero-order valence-corrected chi connectivity index (χ0v) is 16.3. The zero-order valence-electron chi connectivity index (χ0n) is 16.3. The third-order valence-corrected chi connectivity index (χ3v) is 4.84. The minimum atomic E-state index is -0.157. The molecule has 4 rings (SSSR count). The monoisotopic (exact) mass is 382 g/mol. The molecule has 29 heavy (non-hydrogen) atoms. The molecule has 0 aromatic heterocycles. The molecule has 0 heterocycles. The highest BCUT2D eigenvalue weighted by atomic mass is 16.5. The molecule has 144 valence electrons. The number of ether oxygens (including phenoxy) is 1. The summed E-state index contributed by atoms with van der Waals surface area (Å²) in [5.41, 5.74) is 4.49. The van der Waals surface area contributed by atoms with E-state index in [1.54, 1.807) is 6.21 Å². The summed E-state index contributed by atoms with van der Waals surface area (Å²) in [5, 5.41) is 8.54. The number of amides is 1. The van der Waals surface area contributed by atoms with Gasteiger partial charge < -0.3 is 4.74 Å². The number of hydrogen-bond donors (Lipinski definition) is 1. The highest BCUT2D eigenvalue weighted by molar-refractivity contribution is 6.02. The lowest BCUT2D eigenvalue weighted by Gasteiger charge is -2.10. The van der Waals surface area contributed by atoms with Crippen LogP contribution in [0.2, 0.25) is 0 Å². The van der Waals surface area contributed by atoms with E-state index in [0.717, 1.165) is 38.4 Å². The van der Waals surface area contributed by atoms with Crippen molar-refractivity contribution in [3.8, 4) is 5.75 Å². The van der Waals surface area contributed by atoms with Crippen LogP contribution < -0.4 is 10.2 Å². The Labute approximate surface area is 169 Å². The molecular formula is C25H22N2O2. The lowest BCUT2D eigenvalue weighted by atomic mass is 10.0. The second kappa shape index (κ2) is 8.57. The molecule has 4 aromatic rings. The average molecular weight is 382 g/mol. The minimum Gasteiger partial charge on any atom is -0.493 e. The van der Waals surface area contributed by atoms with Gasteiger partial charge in [0.2, 0.25) is 5.91 Å². The summed E-state index contributed by atoms with van der Waals surface area (Å²) in [6, 6.07) is 26.1. The maximum atomic E-state index is 12.5. The Hall–Kier alpha value is -3.66. The summed E-state index contributed by atoms with van der Waals surface area (Å²) < 4.78 is 5.74. The molecule has 0 radical (unpaired) electrons. The first-order valence-electron chi connectivity index (χ1n) is 9.69. The Bertz CT molecular complexity index is 1190. The molecule has 1 amide bonds. The molecule has 0 unspecified atom stereocenters. The Balaban J connectivity index is 1.54. The zero-order chi connectivity index (χ0) is 20.1. The van der Waals surface area contributed by atoms with Crippen molar-refractivity contribution in [2.24, 2.45) is 5.10 Å². The standard InChI is InChI=1S/C25H22N2O2/c1-2-29-24-15-14-19-9-4-6-13-22(19)23(24)17-26-27-25(28)16-20-11-7-10-18-8-3-5-12-21(18)20/h3-15,17H,2,16H2,1H3,(H,27,28)/b26-17+. The molecule has 0 bridgehead atoms. The Morgan fingerprint density at radius 1 is 0.897 bits per heavy atom. The Kier molecular flexibility index (Phi) is 5.52. The number of hydrazone groups is 1. The van der Waals surface area contributed by atoms with Crippen molar-refractivity contribution in [3.63, 3.8) is 0 Å². The molecule has 4 nitrogen and oxygen atoms in total. The van der Waals surface area contributed by atoms with Crippen LogP contribution in [0, 0.1) is 0 Å². The first-order valence-corrected chi connectivity index (χ1v) is 9.69. The number of hydrogen-bond acceptors (Lipinski definition) is 3. The van der Waals surface area contributed by atoms with Crippen LogP contribution in [0.15, 0.2) is 84.0 Å². The Morgan fingerprint density at radius 3 is 2.38 bits per heavy atom. The van der Waals surface area contributed by atoms with Crippen LogP contribution in [-0.2, 0) is 11.2 Å². The fourth-order valence-electron chi connectivity index (χ4n) is 3.52. The van der Waals surface area contributed by atoms with Gasteiger partial charge in [-0.2, -0.15) is 5.10 Å². The highest BCUT2D eigenvalue weighted by Crippen LogP contribution is 2.26. The topological polar surface area (TPSA) is 50.7 Å². The minimum absolute atomic E-state index is 0.157. The van der Waals surface area contributed by atoms with Crippen molar-refractivity contribution in [1.29, 1.82) is 0 Å². The van der Waals surface area contributed by atoms with E-state index in [2.05, 4.69) is 10.5 Å². The number of fused-ring (bicyclic) bond motifs is 2. The fourth-order valence-corrected chi connectivity index (χ4v) is 3.52. The van der Waals surface area contributed by atoms with Gasteiger partial charge in [-0.3, -0.25) is 4.79 Å². The molecule has 0 saturated carbocycles. The van der Waals surface area contributed by atoms with Crippen LogP contribution in [0.25, 0.3) is 21.5 Å². The van der Waals surface area contributed by atoms with Crippen molar-refractivity contribution in [2.45, 2.75) is 13.3 Å². The molecule has 0 spiro atoms. The largest absolute Gasteiger partial charge is 0.493 e. The van der Waals surface area contributed by atoms with E-state index in [1.807, 2.05) is 85.8 Å². The summed E-state index contributed by atoms with van der Waals surface area (Å²) >= 11 is 0. The molecule has 0 aliphatic rings. The van der Waals surface area contributed by atoms with Gasteiger partial charge in [-0.05, 0) is 40.1 Å². The SMILES string of the molecule is CCOc1ccc2ccccc2c1/C=N/NC(=O)Cc1cccc2ccccc12. The maximum absolute atomic E-state index is 12.5. The van der Waals surface area contributed by atoms with E-state index < -0.39 is 0 Å². The van der Waals surface area contributed by atoms with Crippen molar-refractivity contribution < 1.29 is 9.53 Å². The summed E-state index contributed by atoms with van der Waals surface area (Å²) in [6.07, 6.45) is 1.93. The van der Waals surface area contributed by atoms with Crippen LogP contribution in [0.3, 0.4) is 0 Å². The van der Waals surface area contributed by atoms with E-state index in [1.165, 1.54) is 0 Å². The molecular weight excluding hydrogens is 360 g/mol. The lowest BCUT2D eigenvalue weighted by molar-refractivity contribution is -0.120. The quantitative estimate of drug-likeness (QED) is 0.373. The number of nitrogens with zero attached hydrogens (tertiary/aromatic N) is 1. The number of nitrogens with one attached hydrogen (secondary N) is 1. The number of benzene rings is 4. The fraction of sp³-hybridized carbons (Fsp3) is 0.120. The van der Waals surface area contributed by atoms with Crippen molar-refractivity contribution in [1.82, 2.24) is 5.43 Å². The number of carbonyl (C=O) groups excluding carboxylic acids is 1. The summed E-state index contributed by atoms with van der Waals surface area (Å²) in [7, 11) is 0. The van der Waals surface area contributed by atoms with Gasteiger partial charge in [0.25, 0.3) is 0 Å². The summed E-state index contributed by atoms with van der Waals surface area (Å²) in [6.45, 7) is 2.51. The van der Waals surface area contributed by atoms with Gasteiger partial charge in [-0.25, -0.2) is 5.43 Å². The molecule has 4 heteroatoms. The summed E-state index contributed by atoms with van der Waals surface area (Å²) in [5.74, 6) is 0.592. The van der Waals surface area contributed by atoms with Crippen molar-refractivity contribution in [2.75, 3.05) is 6.61 Å². The van der Waals surface area contributed by atoms with Gasteiger partial charge in [0, 0.05) is 5.56 Å². The molecule has 4 aromatic carbocycles. The first-order chi connectivity index (χ1) is 14.3. The van der Waals surface area contributed by atoms with Crippen molar-refractivity contribution in [3.05, 3.63) is 90.0 Å². The van der Waals surface area contributed by atoms with Crippen LogP contribution in [0.4, 0.5) is 0 Å². The number of rotatable bonds is 6. The molecule has 0 aliphatic carbocycles. The van der Waals surface area contributed by atoms with Crippen LogP contribution in [0.1, 0.15) is 18.1 Å². The van der Waals surface area contributed by atoms with Gasteiger partial charge in [-0.1, -0.05) is 72.8 Å². The Morgan fingerprint density at radius 2 is 1.59 bits per heavy atom. The molecule has 0 atom stereocenters. The molecule has 0 saturated heterocycles. The van der Waals surface area contributed by atoms with E-state index in [0.29, 0.717) is 6.61 Å². The van der Waals surface area contributed by atoms with Crippen LogP contribution in [0.5, 0.6) is 5.75 Å². The van der Waals surface area contributed by atoms with Crippen LogP contribution >= 0.6 is 0 Å². The van der Waals surface area contributed by atoms with E-state index in [9.17, 15) is 4.79 Å². The second-order valence-corrected chi connectivity index (χ2v) is 6.74. The van der Waals surface area contributed by atoms with Gasteiger partial charge in [0.1, 0.15) is 5.75 Å². The lowest BCUT2D eigenvalue weighted by Crippen LogP contribution is -2.20. The first kappa shape index (κ1) is 18.7.